The number of benzene rings is 6. The lowest BCUT2D eigenvalue weighted by molar-refractivity contribution is 1.17. The summed E-state index contributed by atoms with van der Waals surface area (Å²) in [4.78, 5) is 4.77. The van der Waals surface area contributed by atoms with E-state index in [0.717, 1.165) is 44.8 Å². The fourth-order valence-electron chi connectivity index (χ4n) is 5.55. The Morgan fingerprint density at radius 1 is 0.475 bits per heavy atom. The third kappa shape index (κ3) is 4.07. The molecule has 1 aliphatic rings. The lowest BCUT2D eigenvalue weighted by Gasteiger charge is -2.34. The Hall–Kier alpha value is -5.04. The number of hydrogen-bond donors (Lipinski definition) is 0. The van der Waals surface area contributed by atoms with E-state index < -0.39 is 0 Å². The minimum atomic E-state index is 0.690. The quantitative estimate of drug-likeness (QED) is 0.227. The molecule has 0 N–H and O–H groups in total. The van der Waals surface area contributed by atoms with Gasteiger partial charge in [0.25, 0.3) is 0 Å². The molecule has 0 amide bonds. The maximum absolute atomic E-state index is 10.4. The van der Waals surface area contributed by atoms with Crippen molar-refractivity contribution in [1.82, 2.24) is 0 Å². The topological polar surface area (TPSA) is 27.0 Å². The second kappa shape index (κ2) is 10.3. The molecular weight excluding hydrogens is 504 g/mol. The number of anilines is 3. The Bertz CT molecular complexity index is 1890. The first-order valence-corrected chi connectivity index (χ1v) is 14.1. The van der Waals surface area contributed by atoms with Crippen LogP contribution in [0.2, 0.25) is 0 Å². The summed E-state index contributed by atoms with van der Waals surface area (Å²) >= 11 is 1.81. The van der Waals surface area contributed by atoms with E-state index >= 15 is 0 Å². The molecule has 0 spiro atoms. The number of nitriles is 1. The molecule has 6 aromatic rings. The van der Waals surface area contributed by atoms with E-state index in [4.69, 9.17) is 0 Å². The van der Waals surface area contributed by atoms with Crippen LogP contribution in [0.15, 0.2) is 155 Å². The predicted molar refractivity (Wildman–Crippen MR) is 166 cm³/mol. The van der Waals surface area contributed by atoms with E-state index in [2.05, 4.69) is 132 Å². The van der Waals surface area contributed by atoms with Crippen molar-refractivity contribution in [3.63, 3.8) is 0 Å². The van der Waals surface area contributed by atoms with Gasteiger partial charge in [-0.3, -0.25) is 0 Å². The highest BCUT2D eigenvalue weighted by atomic mass is 32.2. The Morgan fingerprint density at radius 3 is 1.80 bits per heavy atom. The van der Waals surface area contributed by atoms with Gasteiger partial charge in [-0.2, -0.15) is 5.26 Å². The first kappa shape index (κ1) is 24.0. The molecule has 0 bridgehead atoms. The Morgan fingerprint density at radius 2 is 1.02 bits per heavy atom. The summed E-state index contributed by atoms with van der Waals surface area (Å²) < 4.78 is 0. The molecule has 0 radical (unpaired) electrons. The molecule has 0 aromatic heterocycles. The van der Waals surface area contributed by atoms with Crippen LogP contribution in [0.5, 0.6) is 0 Å². The van der Waals surface area contributed by atoms with Crippen molar-refractivity contribution in [1.29, 1.82) is 5.26 Å². The van der Waals surface area contributed by atoms with E-state index in [-0.39, 0.29) is 0 Å². The number of para-hydroxylation sites is 2. The molecule has 40 heavy (non-hydrogen) atoms. The van der Waals surface area contributed by atoms with E-state index in [0.29, 0.717) is 5.56 Å². The average molecular weight is 529 g/mol. The predicted octanol–water partition coefficient (Wildman–Crippen LogP) is 10.5. The second-order valence-electron chi connectivity index (χ2n) is 9.65. The zero-order valence-corrected chi connectivity index (χ0v) is 22.5. The molecule has 3 heteroatoms. The molecule has 1 heterocycles. The average Bonchev–Trinajstić information content (AvgIpc) is 3.03. The van der Waals surface area contributed by atoms with Crippen molar-refractivity contribution >= 4 is 28.8 Å². The summed E-state index contributed by atoms with van der Waals surface area (Å²) in [6.07, 6.45) is 0. The monoisotopic (exact) mass is 528 g/mol. The molecule has 0 saturated heterocycles. The van der Waals surface area contributed by atoms with Crippen molar-refractivity contribution in [3.8, 4) is 39.4 Å². The van der Waals surface area contributed by atoms with Gasteiger partial charge < -0.3 is 4.90 Å². The van der Waals surface area contributed by atoms with Crippen LogP contribution < -0.4 is 4.90 Å². The Labute approximate surface area is 238 Å². The fraction of sp³-hybridized carbons (Fsp3) is 0. The largest absolute Gasteiger partial charge is 0.308 e. The van der Waals surface area contributed by atoms with E-state index in [1.807, 2.05) is 36.0 Å². The summed E-state index contributed by atoms with van der Waals surface area (Å²) in [5, 5.41) is 10.4. The molecule has 7 rings (SSSR count). The van der Waals surface area contributed by atoms with Gasteiger partial charge in [-0.1, -0.05) is 127 Å². The van der Waals surface area contributed by atoms with Crippen LogP contribution in [0.3, 0.4) is 0 Å². The van der Waals surface area contributed by atoms with Crippen LogP contribution in [-0.2, 0) is 0 Å². The lowest BCUT2D eigenvalue weighted by atomic mass is 9.88. The van der Waals surface area contributed by atoms with E-state index in [1.165, 1.54) is 15.5 Å². The number of hydrogen-bond acceptors (Lipinski definition) is 3. The van der Waals surface area contributed by atoms with Crippen molar-refractivity contribution in [2.24, 2.45) is 0 Å². The van der Waals surface area contributed by atoms with E-state index in [1.54, 1.807) is 0 Å². The van der Waals surface area contributed by atoms with Gasteiger partial charge in [-0.05, 0) is 52.6 Å². The Balaban J connectivity index is 1.44. The number of rotatable bonds is 4. The SMILES string of the molecule is N#Cc1c(-c2ccccc2)cccc1-c1ccccc1-c1cccc2c1Sc1ccccc1N2c1ccccc1. The maximum atomic E-state index is 10.4. The molecule has 0 saturated carbocycles. The summed E-state index contributed by atoms with van der Waals surface area (Å²) in [7, 11) is 0. The summed E-state index contributed by atoms with van der Waals surface area (Å²) in [6, 6.07) is 53.0. The van der Waals surface area contributed by atoms with Crippen LogP contribution >= 0.6 is 11.8 Å². The van der Waals surface area contributed by atoms with Crippen LogP contribution in [-0.4, -0.2) is 0 Å². The maximum Gasteiger partial charge on any atom is 0.100 e. The molecule has 188 valence electrons. The standard InChI is InChI=1S/C37H24N2S/c38-25-33-28(26-13-3-1-4-14-26)19-11-20-31(33)29-17-7-8-18-30(29)32-21-12-23-35-37(32)40-36-24-10-9-22-34(36)39(35)27-15-5-2-6-16-27/h1-24H. The van der Waals surface area contributed by atoms with Crippen LogP contribution in [0.1, 0.15) is 5.56 Å². The van der Waals surface area contributed by atoms with Gasteiger partial charge in [0.1, 0.15) is 6.07 Å². The summed E-state index contributed by atoms with van der Waals surface area (Å²) in [5.41, 5.74) is 10.4. The first-order valence-electron chi connectivity index (χ1n) is 13.3. The molecule has 6 aromatic carbocycles. The van der Waals surface area contributed by atoms with Gasteiger partial charge in [0.05, 0.1) is 16.9 Å². The Kier molecular flexibility index (Phi) is 6.17. The van der Waals surface area contributed by atoms with Crippen molar-refractivity contribution in [2.75, 3.05) is 4.90 Å². The van der Waals surface area contributed by atoms with E-state index in [9.17, 15) is 5.26 Å². The van der Waals surface area contributed by atoms with Gasteiger partial charge in [0.2, 0.25) is 0 Å². The summed E-state index contributed by atoms with van der Waals surface area (Å²) in [6.45, 7) is 0. The second-order valence-corrected chi connectivity index (χ2v) is 10.7. The molecule has 1 aliphatic heterocycles. The highest BCUT2D eigenvalue weighted by Gasteiger charge is 2.27. The highest BCUT2D eigenvalue weighted by molar-refractivity contribution is 8.00. The minimum absolute atomic E-state index is 0.690. The number of fused-ring (bicyclic) bond motifs is 2. The zero-order chi connectivity index (χ0) is 26.9. The van der Waals surface area contributed by atoms with Crippen LogP contribution in [0.25, 0.3) is 33.4 Å². The molecule has 0 fully saturated rings. The van der Waals surface area contributed by atoms with Gasteiger partial charge in [0.15, 0.2) is 0 Å². The van der Waals surface area contributed by atoms with Crippen LogP contribution in [0, 0.1) is 11.3 Å². The van der Waals surface area contributed by atoms with Crippen molar-refractivity contribution in [3.05, 3.63) is 151 Å². The molecule has 0 unspecified atom stereocenters. The smallest absolute Gasteiger partial charge is 0.100 e. The minimum Gasteiger partial charge on any atom is -0.308 e. The van der Waals surface area contributed by atoms with Gasteiger partial charge in [-0.25, -0.2) is 0 Å². The van der Waals surface area contributed by atoms with Crippen molar-refractivity contribution in [2.45, 2.75) is 9.79 Å². The van der Waals surface area contributed by atoms with Crippen molar-refractivity contribution < 1.29 is 0 Å². The normalized spacial score (nSPS) is 11.8. The fourth-order valence-corrected chi connectivity index (χ4v) is 6.73. The molecule has 0 atom stereocenters. The molecule has 0 aliphatic carbocycles. The third-order valence-corrected chi connectivity index (χ3v) is 8.53. The van der Waals surface area contributed by atoms with Crippen LogP contribution in [0.4, 0.5) is 17.1 Å². The molecular formula is C37H24N2S. The highest BCUT2D eigenvalue weighted by Crippen LogP contribution is 2.55. The van der Waals surface area contributed by atoms with Gasteiger partial charge in [-0.15, -0.1) is 0 Å². The summed E-state index contributed by atoms with van der Waals surface area (Å²) in [5.74, 6) is 0. The first-order chi connectivity index (χ1) is 19.8. The number of nitrogens with zero attached hydrogens (tertiary/aromatic N) is 2. The van der Waals surface area contributed by atoms with Gasteiger partial charge >= 0.3 is 0 Å². The molecule has 2 nitrogen and oxygen atoms in total. The lowest BCUT2D eigenvalue weighted by Crippen LogP contribution is -2.15. The zero-order valence-electron chi connectivity index (χ0n) is 21.7. The van der Waals surface area contributed by atoms with Gasteiger partial charge in [0, 0.05) is 26.6 Å². The third-order valence-electron chi connectivity index (χ3n) is 7.34.